The summed E-state index contributed by atoms with van der Waals surface area (Å²) in [6.07, 6.45) is 2.09. The van der Waals surface area contributed by atoms with Crippen molar-refractivity contribution in [3.8, 4) is 11.8 Å². The minimum Gasteiger partial charge on any atom is -0.427 e. The number of allylic oxidation sites excluding steroid dienone is 1. The topological polar surface area (TPSA) is 87.5 Å². The first-order valence-electron chi connectivity index (χ1n) is 10.5. The van der Waals surface area contributed by atoms with E-state index in [4.69, 9.17) is 4.74 Å². The van der Waals surface area contributed by atoms with Crippen LogP contribution in [0.2, 0.25) is 0 Å². The zero-order chi connectivity index (χ0) is 23.2. The predicted molar refractivity (Wildman–Crippen MR) is 123 cm³/mol. The van der Waals surface area contributed by atoms with Crippen LogP contribution in [0, 0.1) is 11.3 Å². The third-order valence-electron chi connectivity index (χ3n) is 5.25. The second kappa shape index (κ2) is 9.75. The van der Waals surface area contributed by atoms with Crippen molar-refractivity contribution in [1.29, 1.82) is 5.26 Å². The normalized spacial score (nSPS) is 12.9. The van der Waals surface area contributed by atoms with Crippen LogP contribution < -0.4 is 4.74 Å². The van der Waals surface area contributed by atoms with Crippen LogP contribution in [0.25, 0.3) is 11.6 Å². The standard InChI is InChI=1S/C27H20N2O4/c28-18-21(20-9-2-1-3-10-20)16-19-8-6-11-22(17-19)33-25(30)14-7-15-29-26(31)23-12-4-5-13-24(23)27(29)32/h1-6,8-13,16-17H,7,14-15H2/b21-16-. The van der Waals surface area contributed by atoms with Gasteiger partial charge in [0.15, 0.2) is 0 Å². The Morgan fingerprint density at radius 3 is 2.24 bits per heavy atom. The number of nitrogens with zero attached hydrogens (tertiary/aromatic N) is 2. The molecule has 0 aliphatic carbocycles. The lowest BCUT2D eigenvalue weighted by atomic mass is 10.0. The number of amides is 2. The van der Waals surface area contributed by atoms with Gasteiger partial charge in [-0.3, -0.25) is 19.3 Å². The highest BCUT2D eigenvalue weighted by Gasteiger charge is 2.34. The summed E-state index contributed by atoms with van der Waals surface area (Å²) in [5.74, 6) is -0.776. The summed E-state index contributed by atoms with van der Waals surface area (Å²) in [5.41, 5.74) is 2.81. The third kappa shape index (κ3) is 4.89. The van der Waals surface area contributed by atoms with E-state index in [2.05, 4.69) is 6.07 Å². The Morgan fingerprint density at radius 2 is 1.58 bits per heavy atom. The van der Waals surface area contributed by atoms with E-state index in [1.807, 2.05) is 36.4 Å². The molecule has 1 aliphatic heterocycles. The van der Waals surface area contributed by atoms with Crippen LogP contribution in [0.5, 0.6) is 5.75 Å². The molecule has 1 heterocycles. The van der Waals surface area contributed by atoms with Gasteiger partial charge < -0.3 is 4.74 Å². The minimum atomic E-state index is -0.462. The third-order valence-corrected chi connectivity index (χ3v) is 5.25. The maximum absolute atomic E-state index is 12.4. The van der Waals surface area contributed by atoms with E-state index in [1.165, 1.54) is 0 Å². The molecular weight excluding hydrogens is 416 g/mol. The number of rotatable bonds is 7. The number of hydrogen-bond donors (Lipinski definition) is 0. The Labute approximate surface area is 191 Å². The van der Waals surface area contributed by atoms with Crippen LogP contribution in [0.4, 0.5) is 0 Å². The van der Waals surface area contributed by atoms with E-state index in [0.29, 0.717) is 28.9 Å². The summed E-state index contributed by atoms with van der Waals surface area (Å²) in [6, 6.07) is 25.1. The van der Waals surface area contributed by atoms with E-state index in [9.17, 15) is 19.6 Å². The molecule has 0 aromatic heterocycles. The average Bonchev–Trinajstić information content (AvgIpc) is 3.08. The summed E-state index contributed by atoms with van der Waals surface area (Å²) < 4.78 is 5.42. The van der Waals surface area contributed by atoms with Gasteiger partial charge in [0.2, 0.25) is 0 Å². The molecular formula is C27H20N2O4. The molecule has 1 aliphatic rings. The number of carbonyl (C=O) groups is 3. The van der Waals surface area contributed by atoms with Gasteiger partial charge in [-0.25, -0.2) is 0 Å². The van der Waals surface area contributed by atoms with Crippen molar-refractivity contribution in [3.63, 3.8) is 0 Å². The second-order valence-corrected chi connectivity index (χ2v) is 7.49. The molecule has 3 aromatic carbocycles. The number of esters is 1. The molecule has 2 amide bonds. The Morgan fingerprint density at radius 1 is 0.909 bits per heavy atom. The van der Waals surface area contributed by atoms with Crippen molar-refractivity contribution in [2.45, 2.75) is 12.8 Å². The zero-order valence-corrected chi connectivity index (χ0v) is 17.7. The van der Waals surface area contributed by atoms with Crippen molar-refractivity contribution < 1.29 is 19.1 Å². The number of hydrogen-bond acceptors (Lipinski definition) is 5. The fourth-order valence-corrected chi connectivity index (χ4v) is 3.64. The molecule has 0 spiro atoms. The molecule has 33 heavy (non-hydrogen) atoms. The quantitative estimate of drug-likeness (QED) is 0.176. The van der Waals surface area contributed by atoms with Crippen LogP contribution in [-0.2, 0) is 4.79 Å². The molecule has 0 saturated carbocycles. The van der Waals surface area contributed by atoms with Crippen molar-refractivity contribution in [2.75, 3.05) is 6.54 Å². The van der Waals surface area contributed by atoms with Crippen LogP contribution in [0.3, 0.4) is 0 Å². The molecule has 0 bridgehead atoms. The van der Waals surface area contributed by atoms with Crippen LogP contribution in [0.15, 0.2) is 78.9 Å². The van der Waals surface area contributed by atoms with E-state index in [-0.39, 0.29) is 24.8 Å². The van der Waals surface area contributed by atoms with Crippen molar-refractivity contribution in [3.05, 3.63) is 101 Å². The first kappa shape index (κ1) is 21.7. The lowest BCUT2D eigenvalue weighted by molar-refractivity contribution is -0.134. The van der Waals surface area contributed by atoms with E-state index >= 15 is 0 Å². The Kier molecular flexibility index (Phi) is 6.42. The predicted octanol–water partition coefficient (Wildman–Crippen LogP) is 4.73. The van der Waals surface area contributed by atoms with Gasteiger partial charge >= 0.3 is 5.97 Å². The van der Waals surface area contributed by atoms with Crippen molar-refractivity contribution in [1.82, 2.24) is 4.90 Å². The summed E-state index contributed by atoms with van der Waals surface area (Å²) in [5, 5.41) is 9.48. The number of imide groups is 1. The number of benzene rings is 3. The molecule has 3 aromatic rings. The second-order valence-electron chi connectivity index (χ2n) is 7.49. The maximum atomic E-state index is 12.4. The number of ether oxygens (including phenoxy) is 1. The molecule has 4 rings (SSSR count). The van der Waals surface area contributed by atoms with Crippen LogP contribution in [-0.4, -0.2) is 29.2 Å². The van der Waals surface area contributed by atoms with Gasteiger partial charge in [-0.05, 0) is 47.9 Å². The Balaban J connectivity index is 1.34. The van der Waals surface area contributed by atoms with E-state index in [1.54, 1.807) is 48.5 Å². The highest BCUT2D eigenvalue weighted by molar-refractivity contribution is 6.21. The lowest BCUT2D eigenvalue weighted by Crippen LogP contribution is -2.31. The highest BCUT2D eigenvalue weighted by Crippen LogP contribution is 2.23. The van der Waals surface area contributed by atoms with Gasteiger partial charge in [0.1, 0.15) is 5.75 Å². The molecule has 0 saturated heterocycles. The summed E-state index contributed by atoms with van der Waals surface area (Å²) in [4.78, 5) is 38.2. The van der Waals surface area contributed by atoms with Gasteiger partial charge in [-0.1, -0.05) is 54.6 Å². The molecule has 6 nitrogen and oxygen atoms in total. The summed E-state index contributed by atoms with van der Waals surface area (Å²) >= 11 is 0. The minimum absolute atomic E-state index is 0.0565. The molecule has 0 radical (unpaired) electrons. The number of nitriles is 1. The SMILES string of the molecule is N#C/C(=C/c1cccc(OC(=O)CCCN2C(=O)c3ccccc3C2=O)c1)c1ccccc1. The summed E-state index contributed by atoms with van der Waals surface area (Å²) in [6.45, 7) is 0.146. The van der Waals surface area contributed by atoms with E-state index in [0.717, 1.165) is 16.0 Å². The Bertz CT molecular complexity index is 1250. The number of fused-ring (bicyclic) bond motifs is 1. The highest BCUT2D eigenvalue weighted by atomic mass is 16.5. The smallest absolute Gasteiger partial charge is 0.311 e. The van der Waals surface area contributed by atoms with E-state index < -0.39 is 5.97 Å². The summed E-state index contributed by atoms with van der Waals surface area (Å²) in [7, 11) is 0. The maximum Gasteiger partial charge on any atom is 0.311 e. The Hall–Kier alpha value is -4.50. The zero-order valence-electron chi connectivity index (χ0n) is 17.7. The first-order valence-corrected chi connectivity index (χ1v) is 10.5. The molecule has 0 fully saturated rings. The van der Waals surface area contributed by atoms with Crippen molar-refractivity contribution in [2.24, 2.45) is 0 Å². The largest absolute Gasteiger partial charge is 0.427 e. The average molecular weight is 436 g/mol. The monoisotopic (exact) mass is 436 g/mol. The first-order chi connectivity index (χ1) is 16.1. The lowest BCUT2D eigenvalue weighted by Gasteiger charge is -2.13. The number of carbonyl (C=O) groups excluding carboxylic acids is 3. The molecule has 0 N–H and O–H groups in total. The van der Waals surface area contributed by atoms with Crippen LogP contribution >= 0.6 is 0 Å². The molecule has 0 atom stereocenters. The van der Waals surface area contributed by atoms with Crippen molar-refractivity contribution >= 4 is 29.4 Å². The molecule has 162 valence electrons. The fourth-order valence-electron chi connectivity index (χ4n) is 3.64. The van der Waals surface area contributed by atoms with Gasteiger partial charge in [0, 0.05) is 13.0 Å². The fraction of sp³-hybridized carbons (Fsp3) is 0.111. The molecule has 6 heteroatoms. The van der Waals surface area contributed by atoms with Gasteiger partial charge in [-0.15, -0.1) is 0 Å². The van der Waals surface area contributed by atoms with Gasteiger partial charge in [0.25, 0.3) is 11.8 Å². The molecule has 0 unspecified atom stereocenters. The van der Waals surface area contributed by atoms with Crippen LogP contribution in [0.1, 0.15) is 44.7 Å². The van der Waals surface area contributed by atoms with Gasteiger partial charge in [-0.2, -0.15) is 5.26 Å². The van der Waals surface area contributed by atoms with Gasteiger partial charge in [0.05, 0.1) is 22.8 Å².